The van der Waals surface area contributed by atoms with E-state index in [2.05, 4.69) is 0 Å². The molecule has 1 aliphatic heterocycles. The zero-order valence-corrected chi connectivity index (χ0v) is 10.8. The molecular weight excluding hydrogens is 262 g/mol. The molecule has 4 nitrogen and oxygen atoms in total. The number of thiophene rings is 1. The summed E-state index contributed by atoms with van der Waals surface area (Å²) in [6.45, 7) is 2.88. The Bertz CT molecular complexity index is 465. The molecule has 92 valence electrons. The minimum Gasteiger partial charge on any atom is -0.481 e. The summed E-state index contributed by atoms with van der Waals surface area (Å²) in [5, 5.41) is 11.0. The topological polar surface area (TPSA) is 57.6 Å². The Labute approximate surface area is 108 Å². The van der Waals surface area contributed by atoms with Gasteiger partial charge >= 0.3 is 5.97 Å². The van der Waals surface area contributed by atoms with Gasteiger partial charge in [0.05, 0.1) is 11.4 Å². The second-order valence-electron chi connectivity index (χ2n) is 4.24. The summed E-state index contributed by atoms with van der Waals surface area (Å²) in [5.74, 6) is -0.821. The first-order valence-electron chi connectivity index (χ1n) is 5.23. The van der Waals surface area contributed by atoms with Gasteiger partial charge in [0.25, 0.3) is 5.91 Å². The second-order valence-corrected chi connectivity index (χ2v) is 5.49. The highest BCUT2D eigenvalue weighted by molar-refractivity contribution is 7.13. The van der Waals surface area contributed by atoms with E-state index in [0.717, 1.165) is 5.56 Å². The highest BCUT2D eigenvalue weighted by Gasteiger charge is 2.33. The maximum atomic E-state index is 12.0. The average molecular weight is 274 g/mol. The highest BCUT2D eigenvalue weighted by atomic mass is 35.5. The third-order valence-electron chi connectivity index (χ3n) is 2.80. The first kappa shape index (κ1) is 12.4. The molecule has 1 saturated heterocycles. The number of aliphatic carboxylic acids is 1. The molecule has 0 radical (unpaired) electrons. The number of carboxylic acid groups (broad SMARTS) is 1. The van der Waals surface area contributed by atoms with Gasteiger partial charge in [-0.15, -0.1) is 11.3 Å². The molecule has 0 spiro atoms. The van der Waals surface area contributed by atoms with E-state index in [1.807, 2.05) is 12.3 Å². The van der Waals surface area contributed by atoms with Crippen LogP contribution in [0, 0.1) is 12.8 Å². The molecule has 2 rings (SSSR count). The average Bonchev–Trinajstić information content (AvgIpc) is 2.52. The van der Waals surface area contributed by atoms with E-state index >= 15 is 0 Å². The molecule has 1 aromatic heterocycles. The van der Waals surface area contributed by atoms with Crippen LogP contribution in [0.5, 0.6) is 0 Å². The first-order chi connectivity index (χ1) is 7.99. The van der Waals surface area contributed by atoms with Crippen molar-refractivity contribution < 1.29 is 14.7 Å². The summed E-state index contributed by atoms with van der Waals surface area (Å²) < 4.78 is 0. The maximum absolute atomic E-state index is 12.0. The van der Waals surface area contributed by atoms with E-state index in [0.29, 0.717) is 23.0 Å². The Hall–Kier alpha value is -1.07. The molecule has 1 N–H and O–H groups in total. The molecule has 1 amide bonds. The zero-order valence-electron chi connectivity index (χ0n) is 9.27. The van der Waals surface area contributed by atoms with Gasteiger partial charge in [0.15, 0.2) is 0 Å². The Kier molecular flexibility index (Phi) is 3.40. The molecule has 1 fully saturated rings. The molecule has 1 aromatic rings. The molecule has 6 heteroatoms. The fourth-order valence-electron chi connectivity index (χ4n) is 1.83. The van der Waals surface area contributed by atoms with Crippen LogP contribution in [-0.4, -0.2) is 35.0 Å². The molecule has 17 heavy (non-hydrogen) atoms. The monoisotopic (exact) mass is 273 g/mol. The Morgan fingerprint density at radius 3 is 2.71 bits per heavy atom. The van der Waals surface area contributed by atoms with Gasteiger partial charge in [0, 0.05) is 19.0 Å². The van der Waals surface area contributed by atoms with E-state index in [4.69, 9.17) is 16.7 Å². The number of carboxylic acids is 1. The summed E-state index contributed by atoms with van der Waals surface area (Å²) in [7, 11) is 0. The summed E-state index contributed by atoms with van der Waals surface area (Å²) >= 11 is 7.36. The lowest BCUT2D eigenvalue weighted by Gasteiger charge is -2.38. The van der Waals surface area contributed by atoms with Crippen LogP contribution in [0.3, 0.4) is 0 Å². The van der Waals surface area contributed by atoms with E-state index in [-0.39, 0.29) is 18.2 Å². The lowest BCUT2D eigenvalue weighted by molar-refractivity contribution is -0.139. The van der Waals surface area contributed by atoms with Gasteiger partial charge in [-0.3, -0.25) is 9.59 Å². The summed E-state index contributed by atoms with van der Waals surface area (Å²) in [6, 6.07) is 0. The smallest absolute Gasteiger partial charge is 0.303 e. The Morgan fingerprint density at radius 2 is 2.24 bits per heavy atom. The summed E-state index contributed by atoms with van der Waals surface area (Å²) in [4.78, 5) is 24.7. The van der Waals surface area contributed by atoms with Crippen molar-refractivity contribution >= 4 is 34.8 Å². The van der Waals surface area contributed by atoms with Crippen molar-refractivity contribution in [3.05, 3.63) is 20.8 Å². The maximum Gasteiger partial charge on any atom is 0.303 e. The van der Waals surface area contributed by atoms with E-state index in [1.54, 1.807) is 4.90 Å². The fourth-order valence-corrected chi connectivity index (χ4v) is 3.07. The summed E-state index contributed by atoms with van der Waals surface area (Å²) in [6.07, 6.45) is 0.126. The van der Waals surface area contributed by atoms with E-state index in [9.17, 15) is 9.59 Å². The van der Waals surface area contributed by atoms with Crippen molar-refractivity contribution in [3.8, 4) is 0 Å². The van der Waals surface area contributed by atoms with E-state index in [1.165, 1.54) is 11.3 Å². The van der Waals surface area contributed by atoms with Crippen molar-refractivity contribution in [1.29, 1.82) is 0 Å². The standard InChI is InChI=1S/C11H12ClNO3S/c1-6-5-17-10(9(6)12)11(16)13-3-7(4-13)2-8(14)15/h5,7H,2-4H2,1H3,(H,14,15). The third kappa shape index (κ3) is 2.45. The minimum absolute atomic E-state index is 0.0799. The molecule has 1 aliphatic rings. The number of rotatable bonds is 3. The zero-order chi connectivity index (χ0) is 12.6. The third-order valence-corrected chi connectivity index (χ3v) is 4.49. The quantitative estimate of drug-likeness (QED) is 0.919. The number of carbonyl (C=O) groups excluding carboxylic acids is 1. The van der Waals surface area contributed by atoms with Crippen molar-refractivity contribution in [2.45, 2.75) is 13.3 Å². The molecule has 0 aliphatic carbocycles. The number of nitrogens with zero attached hydrogens (tertiary/aromatic N) is 1. The van der Waals surface area contributed by atoms with Gasteiger partial charge in [-0.2, -0.15) is 0 Å². The van der Waals surface area contributed by atoms with Crippen LogP contribution in [0.15, 0.2) is 5.38 Å². The van der Waals surface area contributed by atoms with Crippen LogP contribution in [-0.2, 0) is 4.79 Å². The van der Waals surface area contributed by atoms with Gasteiger partial charge < -0.3 is 10.0 Å². The molecule has 0 unspecified atom stereocenters. The van der Waals surface area contributed by atoms with Crippen molar-refractivity contribution in [3.63, 3.8) is 0 Å². The number of halogens is 1. The predicted octanol–water partition coefficient (Wildman–Crippen LogP) is 2.26. The normalized spacial score (nSPS) is 15.8. The molecule has 0 saturated carbocycles. The molecular formula is C11H12ClNO3S. The van der Waals surface area contributed by atoms with E-state index < -0.39 is 5.97 Å². The van der Waals surface area contributed by atoms with Crippen molar-refractivity contribution in [2.24, 2.45) is 5.92 Å². The summed E-state index contributed by atoms with van der Waals surface area (Å²) in [5.41, 5.74) is 0.905. The van der Waals surface area contributed by atoms with Gasteiger partial charge in [-0.25, -0.2) is 0 Å². The van der Waals surface area contributed by atoms with Crippen LogP contribution in [0.1, 0.15) is 21.7 Å². The van der Waals surface area contributed by atoms with Crippen LogP contribution in [0.4, 0.5) is 0 Å². The van der Waals surface area contributed by atoms with Crippen LogP contribution in [0.25, 0.3) is 0 Å². The SMILES string of the molecule is Cc1csc(C(=O)N2CC(CC(=O)O)C2)c1Cl. The van der Waals surface area contributed by atoms with Crippen LogP contribution >= 0.6 is 22.9 Å². The van der Waals surface area contributed by atoms with Crippen molar-refractivity contribution in [1.82, 2.24) is 4.90 Å². The fraction of sp³-hybridized carbons (Fsp3) is 0.455. The van der Waals surface area contributed by atoms with Crippen LogP contribution < -0.4 is 0 Å². The lowest BCUT2D eigenvalue weighted by Crippen LogP contribution is -2.50. The molecule has 2 heterocycles. The number of hydrogen-bond acceptors (Lipinski definition) is 3. The minimum atomic E-state index is -0.813. The predicted molar refractivity (Wildman–Crippen MR) is 65.7 cm³/mol. The van der Waals surface area contributed by atoms with Gasteiger partial charge in [-0.05, 0) is 17.9 Å². The first-order valence-corrected chi connectivity index (χ1v) is 6.49. The van der Waals surface area contributed by atoms with Crippen LogP contribution in [0.2, 0.25) is 5.02 Å². The molecule has 0 bridgehead atoms. The van der Waals surface area contributed by atoms with Crippen molar-refractivity contribution in [2.75, 3.05) is 13.1 Å². The molecule has 0 atom stereocenters. The van der Waals surface area contributed by atoms with Gasteiger partial charge in [0.2, 0.25) is 0 Å². The van der Waals surface area contributed by atoms with Gasteiger partial charge in [0.1, 0.15) is 4.88 Å². The molecule has 0 aromatic carbocycles. The van der Waals surface area contributed by atoms with Gasteiger partial charge in [-0.1, -0.05) is 11.6 Å². The number of amides is 1. The number of hydrogen-bond donors (Lipinski definition) is 1. The lowest BCUT2D eigenvalue weighted by atomic mass is 9.96. The largest absolute Gasteiger partial charge is 0.481 e. The number of carbonyl (C=O) groups is 2. The Morgan fingerprint density at radius 1 is 1.59 bits per heavy atom. The number of aryl methyl sites for hydroxylation is 1. The highest BCUT2D eigenvalue weighted by Crippen LogP contribution is 2.30. The second kappa shape index (κ2) is 4.66. The Balaban J connectivity index is 1.96. The number of likely N-dealkylation sites (tertiary alicyclic amines) is 1.